The van der Waals surface area contributed by atoms with Crippen molar-refractivity contribution in [2.24, 2.45) is 0 Å². The molecule has 0 aliphatic heterocycles. The molecule has 2 rings (SSSR count). The normalized spacial score (nSPS) is 11.6. The van der Waals surface area contributed by atoms with Crippen molar-refractivity contribution in [3.63, 3.8) is 0 Å². The van der Waals surface area contributed by atoms with E-state index in [0.29, 0.717) is 10.6 Å². The topological polar surface area (TPSA) is 86.7 Å². The Balaban J connectivity index is 2.56. The zero-order chi connectivity index (χ0) is 18.4. The number of ether oxygens (including phenoxy) is 1. The standard InChI is InChI=1S/C18H19N3O3S/c1-4-24-18(23)15(21-19)16(22)17-13(20-11(2)3)10-14(25-17)12-8-6-5-7-9-12/h5-11H,4H2,1-3H3,(H-,20,22,23)/p+1. The summed E-state index contributed by atoms with van der Waals surface area (Å²) < 4.78 is 4.82. The number of esters is 1. The lowest BCUT2D eigenvalue weighted by Crippen LogP contribution is -2.11. The molecular formula is C18H20N3O3S+. The number of anilines is 1. The number of hydrogen-bond acceptors (Lipinski definition) is 6. The van der Waals surface area contributed by atoms with E-state index in [0.717, 1.165) is 10.4 Å². The average Bonchev–Trinajstić information content (AvgIpc) is 2.99. The zero-order valence-corrected chi connectivity index (χ0v) is 15.1. The Hall–Kier alpha value is -2.85. The number of carbonyl (C=O) groups is 1. The van der Waals surface area contributed by atoms with E-state index < -0.39 is 17.4 Å². The summed E-state index contributed by atoms with van der Waals surface area (Å²) in [5, 5.41) is 22.9. The first kappa shape index (κ1) is 18.5. The number of diazo groups is 1. The molecule has 0 saturated heterocycles. The molecule has 6 nitrogen and oxygen atoms in total. The fourth-order valence-corrected chi connectivity index (χ4v) is 3.29. The highest BCUT2D eigenvalue weighted by molar-refractivity contribution is 7.17. The van der Waals surface area contributed by atoms with E-state index in [1.807, 2.05) is 50.2 Å². The second kappa shape index (κ2) is 8.31. The predicted octanol–water partition coefficient (Wildman–Crippen LogP) is 4.88. The third kappa shape index (κ3) is 4.37. The van der Waals surface area contributed by atoms with Gasteiger partial charge in [-0.2, -0.15) is 0 Å². The molecule has 1 heterocycles. The van der Waals surface area contributed by atoms with E-state index in [1.54, 1.807) is 6.92 Å². The van der Waals surface area contributed by atoms with Crippen molar-refractivity contribution < 1.29 is 14.6 Å². The summed E-state index contributed by atoms with van der Waals surface area (Å²) in [6.07, 6.45) is 0. The molecule has 2 aromatic rings. The number of benzene rings is 1. The Morgan fingerprint density at radius 1 is 1.36 bits per heavy atom. The average molecular weight is 358 g/mol. The van der Waals surface area contributed by atoms with Crippen LogP contribution in [0.25, 0.3) is 21.2 Å². The van der Waals surface area contributed by atoms with Crippen LogP contribution in [0.5, 0.6) is 0 Å². The van der Waals surface area contributed by atoms with E-state index in [1.165, 1.54) is 11.3 Å². The molecule has 1 aromatic carbocycles. The van der Waals surface area contributed by atoms with Gasteiger partial charge in [-0.25, -0.2) is 4.79 Å². The summed E-state index contributed by atoms with van der Waals surface area (Å²) in [5.74, 6) is -1.30. The lowest BCUT2D eigenvalue weighted by molar-refractivity contribution is -0.138. The molecule has 0 aliphatic rings. The zero-order valence-electron chi connectivity index (χ0n) is 14.3. The van der Waals surface area contributed by atoms with Crippen molar-refractivity contribution in [2.75, 3.05) is 11.9 Å². The molecule has 0 fully saturated rings. The van der Waals surface area contributed by atoms with Gasteiger partial charge in [0.25, 0.3) is 0 Å². The third-order valence-electron chi connectivity index (χ3n) is 3.24. The number of nitrogens with zero attached hydrogens (tertiary/aromatic N) is 2. The molecule has 1 aromatic heterocycles. The van der Waals surface area contributed by atoms with Gasteiger partial charge in [-0.3, -0.25) is 0 Å². The summed E-state index contributed by atoms with van der Waals surface area (Å²) >= 11 is 1.29. The Labute approximate surface area is 150 Å². The second-order valence-corrected chi connectivity index (χ2v) is 6.59. The monoisotopic (exact) mass is 358 g/mol. The van der Waals surface area contributed by atoms with E-state index in [2.05, 4.69) is 10.3 Å². The first-order chi connectivity index (χ1) is 12.0. The number of aliphatic hydroxyl groups is 1. The van der Waals surface area contributed by atoms with Crippen LogP contribution in [0.2, 0.25) is 0 Å². The van der Waals surface area contributed by atoms with Gasteiger partial charge in [-0.1, -0.05) is 30.3 Å². The number of carbonyl (C=O) groups excluding carboxylic acids is 1. The van der Waals surface area contributed by atoms with E-state index in [9.17, 15) is 9.90 Å². The van der Waals surface area contributed by atoms with Crippen LogP contribution in [0.4, 0.5) is 5.69 Å². The minimum absolute atomic E-state index is 0.113. The largest absolute Gasteiger partial charge is 0.510 e. The Kier molecular flexibility index (Phi) is 6.14. The van der Waals surface area contributed by atoms with Gasteiger partial charge < -0.3 is 15.2 Å². The van der Waals surface area contributed by atoms with Gasteiger partial charge in [0.1, 0.15) is 4.88 Å². The summed E-state index contributed by atoms with van der Waals surface area (Å²) in [4.78, 5) is 16.1. The number of thiophene rings is 1. The Bertz CT molecular complexity index is 820. The predicted molar refractivity (Wildman–Crippen MR) is 99.8 cm³/mol. The maximum Gasteiger partial charge on any atom is 0.510 e. The van der Waals surface area contributed by atoms with Gasteiger partial charge in [0, 0.05) is 10.9 Å². The quantitative estimate of drug-likeness (QED) is 0.333. The number of aliphatic hydroxyl groups excluding tert-OH is 1. The highest BCUT2D eigenvalue weighted by Crippen LogP contribution is 2.39. The molecule has 0 unspecified atom stereocenters. The Morgan fingerprint density at radius 3 is 2.60 bits per heavy atom. The SMILES string of the molecule is CCOC(=O)/C([N+]#N)=C(\O)c1sc(-c2ccccc2)cc1NC(C)C. The number of nitrogens with one attached hydrogen (secondary N) is 1. The maximum atomic E-state index is 11.9. The van der Waals surface area contributed by atoms with Crippen molar-refractivity contribution >= 4 is 28.8 Å². The highest BCUT2D eigenvalue weighted by atomic mass is 32.1. The highest BCUT2D eigenvalue weighted by Gasteiger charge is 2.33. The lowest BCUT2D eigenvalue weighted by Gasteiger charge is -2.09. The summed E-state index contributed by atoms with van der Waals surface area (Å²) in [5.41, 5.74) is 1.12. The first-order valence-corrected chi connectivity index (χ1v) is 8.71. The van der Waals surface area contributed by atoms with Crippen LogP contribution >= 0.6 is 11.3 Å². The second-order valence-electron chi connectivity index (χ2n) is 5.54. The molecule has 7 heteroatoms. The summed E-state index contributed by atoms with van der Waals surface area (Å²) in [6, 6.07) is 11.7. The van der Waals surface area contributed by atoms with Gasteiger partial charge in [0.05, 0.1) is 12.3 Å². The molecule has 0 aliphatic carbocycles. The fourth-order valence-electron chi connectivity index (χ4n) is 2.22. The molecule has 2 N–H and O–H groups in total. The van der Waals surface area contributed by atoms with Crippen LogP contribution in [0.3, 0.4) is 0 Å². The van der Waals surface area contributed by atoms with Crippen LogP contribution in [-0.4, -0.2) is 23.7 Å². The van der Waals surface area contributed by atoms with E-state index in [-0.39, 0.29) is 12.6 Å². The molecule has 0 saturated carbocycles. The van der Waals surface area contributed by atoms with Crippen molar-refractivity contribution in [3.05, 3.63) is 51.9 Å². The minimum Gasteiger partial charge on any atom is -0.500 e. The van der Waals surface area contributed by atoms with Crippen LogP contribution in [-0.2, 0) is 9.53 Å². The van der Waals surface area contributed by atoms with Crippen molar-refractivity contribution in [2.45, 2.75) is 26.8 Å². The first-order valence-electron chi connectivity index (χ1n) is 7.89. The van der Waals surface area contributed by atoms with Gasteiger partial charge in [-0.15, -0.1) is 11.3 Å². The number of hydrogen-bond donors (Lipinski definition) is 2. The smallest absolute Gasteiger partial charge is 0.500 e. The molecule has 0 amide bonds. The molecule has 0 bridgehead atoms. The maximum absolute atomic E-state index is 11.9. The minimum atomic E-state index is -0.882. The number of rotatable bonds is 6. The van der Waals surface area contributed by atoms with Gasteiger partial charge in [-0.05, 0) is 32.4 Å². The molecule has 0 atom stereocenters. The van der Waals surface area contributed by atoms with Gasteiger partial charge in [0.15, 0.2) is 4.98 Å². The summed E-state index contributed by atoms with van der Waals surface area (Å²) in [7, 11) is 0. The van der Waals surface area contributed by atoms with Crippen molar-refractivity contribution in [1.29, 1.82) is 5.39 Å². The van der Waals surface area contributed by atoms with Crippen LogP contribution in [0.15, 0.2) is 42.1 Å². The molecular weight excluding hydrogens is 338 g/mol. The summed E-state index contributed by atoms with van der Waals surface area (Å²) in [6.45, 7) is 5.68. The van der Waals surface area contributed by atoms with Gasteiger partial charge >= 0.3 is 11.7 Å². The van der Waals surface area contributed by atoms with Crippen LogP contribution in [0, 0.1) is 5.39 Å². The van der Waals surface area contributed by atoms with E-state index in [4.69, 9.17) is 10.1 Å². The Morgan fingerprint density at radius 2 is 2.04 bits per heavy atom. The third-order valence-corrected chi connectivity index (χ3v) is 4.43. The molecule has 25 heavy (non-hydrogen) atoms. The molecule has 0 spiro atoms. The lowest BCUT2D eigenvalue weighted by atomic mass is 10.2. The van der Waals surface area contributed by atoms with E-state index >= 15 is 0 Å². The molecule has 0 radical (unpaired) electrons. The fraction of sp³-hybridized carbons (Fsp3) is 0.278. The van der Waals surface area contributed by atoms with Gasteiger partial charge in [0.2, 0.25) is 11.2 Å². The van der Waals surface area contributed by atoms with Crippen molar-refractivity contribution in [1.82, 2.24) is 0 Å². The molecule has 130 valence electrons. The van der Waals surface area contributed by atoms with Crippen LogP contribution in [0.1, 0.15) is 25.6 Å². The van der Waals surface area contributed by atoms with Crippen molar-refractivity contribution in [3.8, 4) is 10.4 Å². The van der Waals surface area contributed by atoms with Crippen LogP contribution < -0.4 is 5.32 Å².